The molecular weight excluding hydrogens is 850 g/mol. The van der Waals surface area contributed by atoms with E-state index >= 15 is 0 Å². The number of carbonyl (C=O) groups is 2. The van der Waals surface area contributed by atoms with Gasteiger partial charge in [-0.15, -0.1) is 0 Å². The quantitative estimate of drug-likeness (QED) is 0.0126. The summed E-state index contributed by atoms with van der Waals surface area (Å²) in [6.07, 6.45) is 40.2. The average Bonchev–Trinajstić information content (AvgIpc) is 3.24. The van der Waals surface area contributed by atoms with E-state index in [1.54, 1.807) is 6.08 Å². The summed E-state index contributed by atoms with van der Waals surface area (Å²) in [6, 6.07) is 0. The summed E-state index contributed by atoms with van der Waals surface area (Å²) in [4.78, 5) is 52.8. The molecule has 0 heterocycles. The van der Waals surface area contributed by atoms with Gasteiger partial charge in [0.1, 0.15) is 12.7 Å². The molecule has 0 aromatic carbocycles. The monoisotopic (exact) mass is 935 g/mol. The molecule has 0 aliphatic heterocycles. The Balaban J connectivity index is 4.57. The molecule has 0 amide bonds. The van der Waals surface area contributed by atoms with Crippen LogP contribution >= 0.6 is 15.6 Å². The third-order valence-corrected chi connectivity index (χ3v) is 11.5. The number of hydrogen-bond acceptors (Lipinski definition) is 11. The SMILES string of the molecule is CCC(C)CCCCCCCCCCCCCCCCC(=O)OC[C@H](COP(=O)(O)OC[C@@H](O)COP(=O)(O)O)OC(=O)CCC/C=C\C/C=C\C/C=C\C/C=C\C=C\[C@H](O)CC. The Hall–Kier alpha value is -2.22. The summed E-state index contributed by atoms with van der Waals surface area (Å²) in [5, 5.41) is 19.2. The first-order valence-electron chi connectivity index (χ1n) is 23.5. The third-order valence-electron chi connectivity index (χ3n) is 10.1. The first-order chi connectivity index (χ1) is 30.2. The van der Waals surface area contributed by atoms with Gasteiger partial charge >= 0.3 is 27.6 Å². The Labute approximate surface area is 379 Å². The summed E-state index contributed by atoms with van der Waals surface area (Å²) in [5.74, 6) is -0.260. The Kier molecular flexibility index (Phi) is 39.8. The van der Waals surface area contributed by atoms with Crippen LogP contribution in [0.4, 0.5) is 0 Å². The number of aliphatic hydroxyl groups is 2. The molecule has 14 nitrogen and oxygen atoms in total. The van der Waals surface area contributed by atoms with E-state index in [2.05, 4.69) is 41.1 Å². The second-order valence-electron chi connectivity index (χ2n) is 16.1. The van der Waals surface area contributed by atoms with Crippen molar-refractivity contribution in [1.29, 1.82) is 0 Å². The minimum Gasteiger partial charge on any atom is -0.462 e. The molecule has 0 aromatic rings. The number of rotatable bonds is 43. The number of aliphatic hydroxyl groups excluding tert-OH is 2. The Bertz CT molecular complexity index is 1380. The van der Waals surface area contributed by atoms with Crippen molar-refractivity contribution in [2.75, 3.05) is 26.4 Å². The molecule has 366 valence electrons. The van der Waals surface area contributed by atoms with Gasteiger partial charge in [0, 0.05) is 12.8 Å². The van der Waals surface area contributed by atoms with Gasteiger partial charge in [-0.3, -0.25) is 23.2 Å². The topological polar surface area (TPSA) is 216 Å². The first kappa shape index (κ1) is 60.8. The highest BCUT2D eigenvalue weighted by Gasteiger charge is 2.28. The largest absolute Gasteiger partial charge is 0.472 e. The van der Waals surface area contributed by atoms with Crippen molar-refractivity contribution >= 4 is 27.6 Å². The fourth-order valence-corrected chi connectivity index (χ4v) is 7.17. The van der Waals surface area contributed by atoms with Crippen LogP contribution in [0.25, 0.3) is 0 Å². The molecule has 2 unspecified atom stereocenters. The van der Waals surface area contributed by atoms with Crippen LogP contribution in [-0.2, 0) is 41.8 Å². The number of hydrogen-bond donors (Lipinski definition) is 5. The highest BCUT2D eigenvalue weighted by Crippen LogP contribution is 2.43. The fraction of sp³-hybridized carbons (Fsp3) is 0.745. The number of ether oxygens (including phenoxy) is 2. The second-order valence-corrected chi connectivity index (χ2v) is 18.8. The lowest BCUT2D eigenvalue weighted by molar-refractivity contribution is -0.161. The molecule has 0 saturated heterocycles. The fourth-order valence-electron chi connectivity index (χ4n) is 6.02. The summed E-state index contributed by atoms with van der Waals surface area (Å²) in [7, 11) is -9.71. The number of esters is 2. The Morgan fingerprint density at radius 2 is 1.05 bits per heavy atom. The van der Waals surface area contributed by atoms with Gasteiger partial charge in [-0.05, 0) is 50.9 Å². The number of phosphoric acid groups is 2. The number of carbonyl (C=O) groups excluding carboxylic acids is 2. The van der Waals surface area contributed by atoms with Crippen LogP contribution in [0.1, 0.15) is 175 Å². The average molecular weight is 935 g/mol. The van der Waals surface area contributed by atoms with Crippen molar-refractivity contribution in [2.45, 2.75) is 193 Å². The van der Waals surface area contributed by atoms with E-state index in [4.69, 9.17) is 23.8 Å². The standard InChI is InChI=1S/C47H84O14P2/c1-4-42(3)34-30-26-22-18-14-10-6-8-12-16-20-24-28-32-36-46(50)57-40-45(41-60-63(55,56)59-39-44(49)38-58-62(52,53)54)61-47(51)37-33-29-25-21-17-13-9-7-11-15-19-23-27-31-35-43(48)5-2/h9,11,13,15,21,23,25,27,31,35,42-45,48-49H,4-8,10,12,14,16-20,22,24,26,28-30,32-34,36-41H2,1-3H3,(H,55,56)(H2,52,53,54)/b13-9-,15-11-,25-21-,27-23-,35-31+/t42?,43-,44+,45-/m1/s1. The summed E-state index contributed by atoms with van der Waals surface area (Å²) in [6.45, 7) is 3.73. The van der Waals surface area contributed by atoms with Crippen molar-refractivity contribution in [2.24, 2.45) is 5.92 Å². The molecular formula is C47H84O14P2. The number of phosphoric ester groups is 2. The van der Waals surface area contributed by atoms with E-state index < -0.39 is 72.3 Å². The lowest BCUT2D eigenvalue weighted by Gasteiger charge is -2.20. The van der Waals surface area contributed by atoms with Crippen LogP contribution in [0, 0.1) is 5.92 Å². The van der Waals surface area contributed by atoms with Crippen LogP contribution in [0.15, 0.2) is 60.8 Å². The lowest BCUT2D eigenvalue weighted by atomic mass is 9.99. The van der Waals surface area contributed by atoms with Crippen LogP contribution in [0.5, 0.6) is 0 Å². The van der Waals surface area contributed by atoms with E-state index in [0.717, 1.165) is 44.4 Å². The van der Waals surface area contributed by atoms with Gasteiger partial charge in [-0.25, -0.2) is 9.13 Å². The molecule has 0 radical (unpaired) electrons. The van der Waals surface area contributed by atoms with Gasteiger partial charge in [0.05, 0.1) is 25.9 Å². The smallest absolute Gasteiger partial charge is 0.462 e. The van der Waals surface area contributed by atoms with Crippen molar-refractivity contribution in [3.8, 4) is 0 Å². The van der Waals surface area contributed by atoms with E-state index in [0.29, 0.717) is 25.7 Å². The van der Waals surface area contributed by atoms with Crippen LogP contribution in [0.3, 0.4) is 0 Å². The van der Waals surface area contributed by atoms with Gasteiger partial charge in [0.25, 0.3) is 0 Å². The normalized spacial score (nSPS) is 15.5. The molecule has 0 bridgehead atoms. The molecule has 0 fully saturated rings. The maximum atomic E-state index is 12.7. The van der Waals surface area contributed by atoms with E-state index in [9.17, 15) is 33.8 Å². The minimum absolute atomic E-state index is 0.0383. The van der Waals surface area contributed by atoms with Crippen LogP contribution in [0.2, 0.25) is 0 Å². The number of unbranched alkanes of at least 4 members (excludes halogenated alkanes) is 14. The van der Waals surface area contributed by atoms with Crippen molar-refractivity contribution in [3.63, 3.8) is 0 Å². The third kappa shape index (κ3) is 44.8. The van der Waals surface area contributed by atoms with Crippen molar-refractivity contribution in [3.05, 3.63) is 60.8 Å². The Morgan fingerprint density at radius 3 is 1.60 bits per heavy atom. The van der Waals surface area contributed by atoms with Crippen molar-refractivity contribution < 1.29 is 66.7 Å². The lowest BCUT2D eigenvalue weighted by Crippen LogP contribution is -2.29. The molecule has 16 heteroatoms. The molecule has 0 aliphatic rings. The molecule has 0 spiro atoms. The maximum absolute atomic E-state index is 12.7. The second kappa shape index (κ2) is 41.2. The van der Waals surface area contributed by atoms with E-state index in [1.807, 2.05) is 43.4 Å². The minimum atomic E-state index is -4.88. The van der Waals surface area contributed by atoms with Crippen molar-refractivity contribution in [1.82, 2.24) is 0 Å². The first-order valence-corrected chi connectivity index (χ1v) is 26.5. The maximum Gasteiger partial charge on any atom is 0.472 e. The van der Waals surface area contributed by atoms with Crippen LogP contribution < -0.4 is 0 Å². The van der Waals surface area contributed by atoms with Gasteiger partial charge in [-0.2, -0.15) is 0 Å². The van der Waals surface area contributed by atoms with Gasteiger partial charge in [0.2, 0.25) is 0 Å². The predicted octanol–water partition coefficient (Wildman–Crippen LogP) is 11.2. The van der Waals surface area contributed by atoms with Gasteiger partial charge in [0.15, 0.2) is 6.10 Å². The molecule has 0 saturated carbocycles. The number of allylic oxidation sites excluding steroid dienone is 9. The zero-order valence-corrected chi connectivity index (χ0v) is 40.5. The van der Waals surface area contributed by atoms with E-state index in [1.165, 1.54) is 77.0 Å². The highest BCUT2D eigenvalue weighted by atomic mass is 31.2. The van der Waals surface area contributed by atoms with E-state index in [-0.39, 0.29) is 12.8 Å². The molecule has 0 aromatic heterocycles. The molecule has 5 atom stereocenters. The zero-order valence-electron chi connectivity index (χ0n) is 38.7. The molecule has 5 N–H and O–H groups in total. The zero-order chi connectivity index (χ0) is 46.9. The van der Waals surface area contributed by atoms with Gasteiger partial charge < -0.3 is 34.4 Å². The van der Waals surface area contributed by atoms with Gasteiger partial charge in [-0.1, -0.05) is 178 Å². The summed E-state index contributed by atoms with van der Waals surface area (Å²) in [5.41, 5.74) is 0. The summed E-state index contributed by atoms with van der Waals surface area (Å²) < 4.78 is 47.8. The highest BCUT2D eigenvalue weighted by molar-refractivity contribution is 7.47. The summed E-state index contributed by atoms with van der Waals surface area (Å²) >= 11 is 0. The molecule has 0 aliphatic carbocycles. The molecule has 63 heavy (non-hydrogen) atoms. The predicted molar refractivity (Wildman–Crippen MR) is 250 cm³/mol. The molecule has 0 rings (SSSR count). The Morgan fingerprint density at radius 1 is 0.556 bits per heavy atom. The van der Waals surface area contributed by atoms with Crippen LogP contribution in [-0.4, -0.2) is 81.6 Å².